The molecule has 18 heavy (non-hydrogen) atoms. The summed E-state index contributed by atoms with van der Waals surface area (Å²) in [6.07, 6.45) is 6.72. The Morgan fingerprint density at radius 2 is 2.06 bits per heavy atom. The molecule has 3 rings (SSSR count). The minimum Gasteiger partial charge on any atom is -0.382 e. The number of anilines is 1. The third kappa shape index (κ3) is 2.36. The van der Waals surface area contributed by atoms with E-state index in [0.717, 1.165) is 30.6 Å². The molecule has 0 spiro atoms. The topological polar surface area (TPSA) is 68.8 Å². The number of hydrogen-bond acceptors (Lipinski definition) is 4. The summed E-state index contributed by atoms with van der Waals surface area (Å²) in [5.41, 5.74) is 8.11. The van der Waals surface area contributed by atoms with Crippen molar-refractivity contribution in [2.24, 2.45) is 5.73 Å². The van der Waals surface area contributed by atoms with E-state index in [-0.39, 0.29) is 0 Å². The first kappa shape index (κ1) is 11.2. The zero-order chi connectivity index (χ0) is 12.4. The molecule has 1 aromatic heterocycles. The molecule has 0 amide bonds. The van der Waals surface area contributed by atoms with Crippen LogP contribution in [0.4, 0.5) is 5.69 Å². The zero-order valence-electron chi connectivity index (χ0n) is 10.2. The molecule has 1 heterocycles. The smallest absolute Gasteiger partial charge is 0.123 e. The van der Waals surface area contributed by atoms with Gasteiger partial charge in [-0.15, -0.1) is 10.2 Å². The summed E-state index contributed by atoms with van der Waals surface area (Å²) < 4.78 is 1.89. The third-order valence-corrected chi connectivity index (χ3v) is 3.41. The van der Waals surface area contributed by atoms with Gasteiger partial charge in [-0.25, -0.2) is 0 Å². The molecule has 1 aliphatic rings. The van der Waals surface area contributed by atoms with E-state index in [0.29, 0.717) is 12.1 Å². The van der Waals surface area contributed by atoms with Crippen molar-refractivity contribution in [2.45, 2.75) is 31.3 Å². The highest BCUT2D eigenvalue weighted by Gasteiger charge is 2.21. The summed E-state index contributed by atoms with van der Waals surface area (Å²) in [7, 11) is 0. The first-order chi connectivity index (χ1) is 8.81. The largest absolute Gasteiger partial charge is 0.382 e. The van der Waals surface area contributed by atoms with Crippen molar-refractivity contribution >= 4 is 5.69 Å². The molecule has 0 bridgehead atoms. The van der Waals surface area contributed by atoms with E-state index in [9.17, 15) is 0 Å². The summed E-state index contributed by atoms with van der Waals surface area (Å²) in [6.45, 7) is 0. The average molecular weight is 243 g/mol. The molecule has 1 aromatic carbocycles. The van der Waals surface area contributed by atoms with Crippen molar-refractivity contribution in [3.63, 3.8) is 0 Å². The van der Waals surface area contributed by atoms with E-state index in [1.807, 2.05) is 16.7 Å². The molecule has 0 saturated heterocycles. The normalized spacial score (nSPS) is 23.2. The standard InChI is InChI=1S/C13H17N5/c14-10-4-5-12(6-10)17-11-2-1-3-13(7-11)18-8-15-16-9-18/h1-3,7-10,12,17H,4-6,14H2. The quantitative estimate of drug-likeness (QED) is 0.858. The number of benzene rings is 1. The number of hydrogen-bond donors (Lipinski definition) is 2. The highest BCUT2D eigenvalue weighted by atomic mass is 15.2. The van der Waals surface area contributed by atoms with Gasteiger partial charge in [0.1, 0.15) is 12.7 Å². The molecule has 0 radical (unpaired) electrons. The fourth-order valence-electron chi connectivity index (χ4n) is 2.47. The Hall–Kier alpha value is -1.88. The van der Waals surface area contributed by atoms with Crippen LogP contribution in [0.15, 0.2) is 36.9 Å². The fraction of sp³-hybridized carbons (Fsp3) is 0.385. The molecule has 3 N–H and O–H groups in total. The van der Waals surface area contributed by atoms with Crippen LogP contribution in [0.5, 0.6) is 0 Å². The summed E-state index contributed by atoms with van der Waals surface area (Å²) in [5, 5.41) is 11.2. The summed E-state index contributed by atoms with van der Waals surface area (Å²) in [4.78, 5) is 0. The Bertz CT molecular complexity index is 508. The Labute approximate surface area is 106 Å². The van der Waals surface area contributed by atoms with Gasteiger partial charge in [0.15, 0.2) is 0 Å². The van der Waals surface area contributed by atoms with Crippen LogP contribution >= 0.6 is 0 Å². The number of nitrogens with one attached hydrogen (secondary N) is 1. The molecule has 0 aliphatic heterocycles. The lowest BCUT2D eigenvalue weighted by Crippen LogP contribution is -2.20. The Morgan fingerprint density at radius 3 is 2.78 bits per heavy atom. The first-order valence-corrected chi connectivity index (χ1v) is 6.28. The van der Waals surface area contributed by atoms with E-state index in [1.165, 1.54) is 0 Å². The van der Waals surface area contributed by atoms with Gasteiger partial charge >= 0.3 is 0 Å². The molecular formula is C13H17N5. The minimum absolute atomic E-state index is 0.350. The van der Waals surface area contributed by atoms with Crippen LogP contribution in [0.1, 0.15) is 19.3 Å². The van der Waals surface area contributed by atoms with Gasteiger partial charge in [0.2, 0.25) is 0 Å². The van der Waals surface area contributed by atoms with Gasteiger partial charge in [0, 0.05) is 17.8 Å². The number of nitrogens with zero attached hydrogens (tertiary/aromatic N) is 3. The molecular weight excluding hydrogens is 226 g/mol. The summed E-state index contributed by atoms with van der Waals surface area (Å²) in [5.74, 6) is 0. The van der Waals surface area contributed by atoms with Gasteiger partial charge in [-0.3, -0.25) is 4.57 Å². The monoisotopic (exact) mass is 243 g/mol. The Kier molecular flexibility index (Phi) is 2.98. The number of rotatable bonds is 3. The molecule has 2 unspecified atom stereocenters. The molecule has 1 aliphatic carbocycles. The van der Waals surface area contributed by atoms with Crippen molar-refractivity contribution in [1.29, 1.82) is 0 Å². The van der Waals surface area contributed by atoms with Gasteiger partial charge in [0.25, 0.3) is 0 Å². The lowest BCUT2D eigenvalue weighted by atomic mass is 10.2. The SMILES string of the molecule is NC1CCC(Nc2cccc(-n3cnnc3)c2)C1. The first-order valence-electron chi connectivity index (χ1n) is 6.28. The average Bonchev–Trinajstić information content (AvgIpc) is 3.01. The van der Waals surface area contributed by atoms with Crippen molar-refractivity contribution in [2.75, 3.05) is 5.32 Å². The molecule has 1 fully saturated rings. The van der Waals surface area contributed by atoms with Gasteiger partial charge in [-0.1, -0.05) is 6.07 Å². The Morgan fingerprint density at radius 1 is 1.22 bits per heavy atom. The number of nitrogens with two attached hydrogens (primary N) is 1. The predicted octanol–water partition coefficient (Wildman–Crippen LogP) is 1.56. The van der Waals surface area contributed by atoms with Gasteiger partial charge in [-0.2, -0.15) is 0 Å². The second-order valence-electron chi connectivity index (χ2n) is 4.83. The van der Waals surface area contributed by atoms with E-state index < -0.39 is 0 Å². The fourth-order valence-corrected chi connectivity index (χ4v) is 2.47. The van der Waals surface area contributed by atoms with E-state index in [1.54, 1.807) is 12.7 Å². The van der Waals surface area contributed by atoms with Gasteiger partial charge < -0.3 is 11.1 Å². The molecule has 94 valence electrons. The molecule has 5 nitrogen and oxygen atoms in total. The lowest BCUT2D eigenvalue weighted by molar-refractivity contribution is 0.688. The van der Waals surface area contributed by atoms with Crippen LogP contribution in [0.3, 0.4) is 0 Å². The van der Waals surface area contributed by atoms with Crippen molar-refractivity contribution in [3.05, 3.63) is 36.9 Å². The van der Waals surface area contributed by atoms with Crippen molar-refractivity contribution in [1.82, 2.24) is 14.8 Å². The van der Waals surface area contributed by atoms with Crippen LogP contribution < -0.4 is 11.1 Å². The summed E-state index contributed by atoms with van der Waals surface area (Å²) in [6, 6.07) is 9.10. The molecule has 1 saturated carbocycles. The lowest BCUT2D eigenvalue weighted by Gasteiger charge is -2.14. The van der Waals surface area contributed by atoms with Crippen molar-refractivity contribution in [3.8, 4) is 5.69 Å². The van der Waals surface area contributed by atoms with E-state index >= 15 is 0 Å². The third-order valence-electron chi connectivity index (χ3n) is 3.41. The van der Waals surface area contributed by atoms with Gasteiger partial charge in [-0.05, 0) is 37.5 Å². The van der Waals surface area contributed by atoms with Crippen LogP contribution in [-0.2, 0) is 0 Å². The zero-order valence-corrected chi connectivity index (χ0v) is 10.2. The molecule has 2 aromatic rings. The second-order valence-corrected chi connectivity index (χ2v) is 4.83. The molecule has 5 heteroatoms. The highest BCUT2D eigenvalue weighted by molar-refractivity contribution is 5.51. The van der Waals surface area contributed by atoms with Crippen LogP contribution in [0, 0.1) is 0 Å². The highest BCUT2D eigenvalue weighted by Crippen LogP contribution is 2.22. The second kappa shape index (κ2) is 4.78. The van der Waals surface area contributed by atoms with Crippen molar-refractivity contribution < 1.29 is 0 Å². The maximum Gasteiger partial charge on any atom is 0.123 e. The maximum atomic E-state index is 5.93. The Balaban J connectivity index is 1.75. The van der Waals surface area contributed by atoms with Crippen LogP contribution in [-0.4, -0.2) is 26.8 Å². The van der Waals surface area contributed by atoms with E-state index in [4.69, 9.17) is 5.73 Å². The maximum absolute atomic E-state index is 5.93. The molecule has 2 atom stereocenters. The number of aromatic nitrogens is 3. The predicted molar refractivity (Wildman–Crippen MR) is 70.6 cm³/mol. The van der Waals surface area contributed by atoms with Gasteiger partial charge in [0.05, 0.1) is 5.69 Å². The summed E-state index contributed by atoms with van der Waals surface area (Å²) >= 11 is 0. The van der Waals surface area contributed by atoms with E-state index in [2.05, 4.69) is 27.6 Å². The van der Waals surface area contributed by atoms with Crippen LogP contribution in [0.2, 0.25) is 0 Å². The minimum atomic E-state index is 0.350. The van der Waals surface area contributed by atoms with Crippen LogP contribution in [0.25, 0.3) is 5.69 Å².